The Labute approximate surface area is 217 Å². The average molecular weight is 506 g/mol. The summed E-state index contributed by atoms with van der Waals surface area (Å²) in [6, 6.07) is 11.6. The number of ether oxygens (including phenoxy) is 3. The summed E-state index contributed by atoms with van der Waals surface area (Å²) in [5.41, 5.74) is 8.07. The molecule has 1 saturated carbocycles. The summed E-state index contributed by atoms with van der Waals surface area (Å²) in [5, 5.41) is 0.717. The SMILES string of the molecule is COc1ccc(C(C(=O)N2CCN(c3nc(N)c4cc(OC)c(OC)cc4n3)CC2)C2CCCC2)cc1. The number of amides is 1. The van der Waals surface area contributed by atoms with Gasteiger partial charge in [0.1, 0.15) is 11.6 Å². The number of anilines is 2. The van der Waals surface area contributed by atoms with Gasteiger partial charge in [-0.15, -0.1) is 0 Å². The fourth-order valence-electron chi connectivity index (χ4n) is 5.65. The lowest BCUT2D eigenvalue weighted by Gasteiger charge is -2.37. The molecule has 0 radical (unpaired) electrons. The van der Waals surface area contributed by atoms with Gasteiger partial charge in [-0.1, -0.05) is 25.0 Å². The fraction of sp³-hybridized carbons (Fsp3) is 0.464. The normalized spacial score (nSPS) is 17.2. The molecule has 1 saturated heterocycles. The predicted octanol–water partition coefficient (Wildman–Crippen LogP) is 3.86. The Morgan fingerprint density at radius 3 is 2.19 bits per heavy atom. The molecule has 9 nitrogen and oxygen atoms in total. The number of nitrogens with zero attached hydrogens (tertiary/aromatic N) is 4. The number of rotatable bonds is 7. The van der Waals surface area contributed by atoms with Crippen LogP contribution in [0.3, 0.4) is 0 Å². The standard InChI is InChI=1S/C28H35N5O4/c1-35-20-10-8-19(9-11-20)25(18-6-4-5-7-18)27(34)32-12-14-33(15-13-32)28-30-22-17-24(37-3)23(36-2)16-21(22)26(29)31-28/h8-11,16-18,25H,4-7,12-15H2,1-3H3,(H2,29,30,31). The quantitative estimate of drug-likeness (QED) is 0.516. The summed E-state index contributed by atoms with van der Waals surface area (Å²) in [5.74, 6) is 3.41. The van der Waals surface area contributed by atoms with Crippen LogP contribution in [-0.4, -0.2) is 68.3 Å². The summed E-state index contributed by atoms with van der Waals surface area (Å²) in [6.45, 7) is 2.52. The van der Waals surface area contributed by atoms with Gasteiger partial charge in [-0.2, -0.15) is 4.98 Å². The van der Waals surface area contributed by atoms with Crippen molar-refractivity contribution in [3.05, 3.63) is 42.0 Å². The number of carbonyl (C=O) groups excluding carboxylic acids is 1. The number of carbonyl (C=O) groups is 1. The first-order valence-corrected chi connectivity index (χ1v) is 12.9. The van der Waals surface area contributed by atoms with E-state index < -0.39 is 0 Å². The van der Waals surface area contributed by atoms with E-state index in [1.54, 1.807) is 27.4 Å². The van der Waals surface area contributed by atoms with E-state index in [9.17, 15) is 4.79 Å². The van der Waals surface area contributed by atoms with Gasteiger partial charge in [-0.05, 0) is 42.5 Å². The first-order valence-electron chi connectivity index (χ1n) is 12.9. The van der Waals surface area contributed by atoms with Crippen LogP contribution < -0.4 is 24.8 Å². The van der Waals surface area contributed by atoms with E-state index in [-0.39, 0.29) is 11.8 Å². The number of piperazine rings is 1. The van der Waals surface area contributed by atoms with Gasteiger partial charge in [-0.3, -0.25) is 4.79 Å². The van der Waals surface area contributed by atoms with Crippen molar-refractivity contribution in [1.29, 1.82) is 0 Å². The Balaban J connectivity index is 1.33. The molecule has 0 spiro atoms. The number of aromatic nitrogens is 2. The zero-order chi connectivity index (χ0) is 25.9. The van der Waals surface area contributed by atoms with Gasteiger partial charge in [0.25, 0.3) is 0 Å². The summed E-state index contributed by atoms with van der Waals surface area (Å²) in [4.78, 5) is 27.3. The van der Waals surface area contributed by atoms with Crippen molar-refractivity contribution in [1.82, 2.24) is 14.9 Å². The van der Waals surface area contributed by atoms with Crippen LogP contribution in [0.2, 0.25) is 0 Å². The number of fused-ring (bicyclic) bond motifs is 1. The van der Waals surface area contributed by atoms with Gasteiger partial charge in [0, 0.05) is 37.6 Å². The van der Waals surface area contributed by atoms with Crippen molar-refractivity contribution in [3.63, 3.8) is 0 Å². The average Bonchev–Trinajstić information content (AvgIpc) is 3.47. The van der Waals surface area contributed by atoms with Crippen molar-refractivity contribution >= 4 is 28.6 Å². The second-order valence-electron chi connectivity index (χ2n) is 9.74. The van der Waals surface area contributed by atoms with E-state index in [1.165, 1.54) is 12.8 Å². The highest BCUT2D eigenvalue weighted by molar-refractivity contribution is 5.92. The third kappa shape index (κ3) is 4.95. The van der Waals surface area contributed by atoms with E-state index >= 15 is 0 Å². The van der Waals surface area contributed by atoms with Crippen LogP contribution in [0.25, 0.3) is 10.9 Å². The predicted molar refractivity (Wildman–Crippen MR) is 144 cm³/mol. The van der Waals surface area contributed by atoms with Crippen LogP contribution in [0.1, 0.15) is 37.2 Å². The maximum atomic E-state index is 13.8. The minimum Gasteiger partial charge on any atom is -0.497 e. The lowest BCUT2D eigenvalue weighted by atomic mass is 9.83. The van der Waals surface area contributed by atoms with Gasteiger partial charge in [0.05, 0.1) is 32.8 Å². The molecule has 2 aliphatic rings. The van der Waals surface area contributed by atoms with Gasteiger partial charge in [0.15, 0.2) is 11.5 Å². The molecule has 37 heavy (non-hydrogen) atoms. The molecule has 196 valence electrons. The van der Waals surface area contributed by atoms with E-state index in [2.05, 4.69) is 9.88 Å². The number of methoxy groups -OCH3 is 3. The third-order valence-electron chi connectivity index (χ3n) is 7.71. The summed E-state index contributed by atoms with van der Waals surface area (Å²) < 4.78 is 16.2. The summed E-state index contributed by atoms with van der Waals surface area (Å²) in [6.07, 6.45) is 4.58. The zero-order valence-corrected chi connectivity index (χ0v) is 21.8. The van der Waals surface area contributed by atoms with Crippen molar-refractivity contribution in [3.8, 4) is 17.2 Å². The number of nitrogen functional groups attached to an aromatic ring is 1. The molecule has 1 amide bonds. The maximum Gasteiger partial charge on any atom is 0.230 e. The topological polar surface area (TPSA) is 103 Å². The molecule has 2 heterocycles. The third-order valence-corrected chi connectivity index (χ3v) is 7.71. The van der Waals surface area contributed by atoms with Crippen molar-refractivity contribution in [2.45, 2.75) is 31.6 Å². The highest BCUT2D eigenvalue weighted by Gasteiger charge is 2.36. The van der Waals surface area contributed by atoms with Gasteiger partial charge in [0.2, 0.25) is 11.9 Å². The zero-order valence-electron chi connectivity index (χ0n) is 21.8. The molecular formula is C28H35N5O4. The number of hydrogen-bond donors (Lipinski definition) is 1. The smallest absolute Gasteiger partial charge is 0.230 e. The Morgan fingerprint density at radius 2 is 1.57 bits per heavy atom. The van der Waals surface area contributed by atoms with Crippen LogP contribution in [-0.2, 0) is 4.79 Å². The van der Waals surface area contributed by atoms with Gasteiger partial charge < -0.3 is 29.7 Å². The van der Waals surface area contributed by atoms with E-state index in [1.807, 2.05) is 35.2 Å². The largest absolute Gasteiger partial charge is 0.497 e. The maximum absolute atomic E-state index is 13.8. The van der Waals surface area contributed by atoms with Crippen molar-refractivity contribution < 1.29 is 19.0 Å². The second-order valence-corrected chi connectivity index (χ2v) is 9.74. The molecule has 1 aliphatic carbocycles. The molecule has 2 aromatic carbocycles. The lowest BCUT2D eigenvalue weighted by Crippen LogP contribution is -2.51. The summed E-state index contributed by atoms with van der Waals surface area (Å²) >= 11 is 0. The Bertz CT molecular complexity index is 1250. The summed E-state index contributed by atoms with van der Waals surface area (Å²) in [7, 11) is 4.84. The second kappa shape index (κ2) is 10.7. The molecule has 2 N–H and O–H groups in total. The molecule has 1 unspecified atom stereocenters. The highest BCUT2D eigenvalue weighted by Crippen LogP contribution is 2.39. The lowest BCUT2D eigenvalue weighted by molar-refractivity contribution is -0.134. The van der Waals surface area contributed by atoms with Crippen LogP contribution in [0.5, 0.6) is 17.2 Å². The van der Waals surface area contributed by atoms with E-state index in [4.69, 9.17) is 24.9 Å². The van der Waals surface area contributed by atoms with Gasteiger partial charge >= 0.3 is 0 Å². The van der Waals surface area contributed by atoms with Crippen molar-refractivity contribution in [2.75, 3.05) is 58.1 Å². The number of nitrogens with two attached hydrogens (primary N) is 1. The molecule has 0 bridgehead atoms. The Kier molecular flexibility index (Phi) is 7.21. The number of hydrogen-bond acceptors (Lipinski definition) is 8. The van der Waals surface area contributed by atoms with Crippen LogP contribution >= 0.6 is 0 Å². The molecule has 2 fully saturated rings. The molecular weight excluding hydrogens is 470 g/mol. The first-order chi connectivity index (χ1) is 18.0. The van der Waals surface area contributed by atoms with Gasteiger partial charge in [-0.25, -0.2) is 4.98 Å². The molecule has 3 aromatic rings. The number of benzene rings is 2. The highest BCUT2D eigenvalue weighted by atomic mass is 16.5. The van der Waals surface area contributed by atoms with E-state index in [0.29, 0.717) is 66.3 Å². The molecule has 5 rings (SSSR count). The van der Waals surface area contributed by atoms with E-state index in [0.717, 1.165) is 24.2 Å². The Hall–Kier alpha value is -3.75. The van der Waals surface area contributed by atoms with Crippen LogP contribution in [0.4, 0.5) is 11.8 Å². The minimum absolute atomic E-state index is 0.116. The van der Waals surface area contributed by atoms with Crippen molar-refractivity contribution in [2.24, 2.45) is 5.92 Å². The van der Waals surface area contributed by atoms with Crippen LogP contribution in [0.15, 0.2) is 36.4 Å². The van der Waals surface area contributed by atoms with Crippen LogP contribution in [0, 0.1) is 5.92 Å². The molecule has 1 aliphatic heterocycles. The fourth-order valence-corrected chi connectivity index (χ4v) is 5.65. The first kappa shape index (κ1) is 24.9. The monoisotopic (exact) mass is 505 g/mol. The molecule has 1 atom stereocenters. The minimum atomic E-state index is -0.116. The molecule has 9 heteroatoms. The molecule has 1 aromatic heterocycles. The Morgan fingerprint density at radius 1 is 0.919 bits per heavy atom.